The number of amides is 2. The molecular weight excluding hydrogens is 338 g/mol. The molecule has 7 heteroatoms. The number of aryl methyl sites for hydroxylation is 1. The second-order valence-electron chi connectivity index (χ2n) is 6.61. The number of hydrogen-bond acceptors (Lipinski definition) is 5. The van der Waals surface area contributed by atoms with E-state index in [4.69, 9.17) is 4.52 Å². The second-order valence-corrected chi connectivity index (χ2v) is 8.26. The van der Waals surface area contributed by atoms with Crippen LogP contribution in [0, 0.1) is 6.92 Å². The van der Waals surface area contributed by atoms with Crippen molar-refractivity contribution in [2.24, 2.45) is 0 Å². The highest BCUT2D eigenvalue weighted by molar-refractivity contribution is 8.01. The third-order valence-electron chi connectivity index (χ3n) is 4.12. The molecular formula is C18H21N3O3S. The van der Waals surface area contributed by atoms with Gasteiger partial charge in [-0.3, -0.25) is 9.59 Å². The lowest BCUT2D eigenvalue weighted by Gasteiger charge is -2.32. The topological polar surface area (TPSA) is 84.2 Å². The van der Waals surface area contributed by atoms with E-state index in [1.807, 2.05) is 51.1 Å². The van der Waals surface area contributed by atoms with Gasteiger partial charge >= 0.3 is 0 Å². The average Bonchev–Trinajstić information content (AvgIpc) is 3.05. The summed E-state index contributed by atoms with van der Waals surface area (Å²) >= 11 is 1.48. The summed E-state index contributed by atoms with van der Waals surface area (Å²) in [6, 6.07) is 9.23. The first-order valence-corrected chi connectivity index (χ1v) is 9.09. The Morgan fingerprint density at radius 3 is 2.80 bits per heavy atom. The first-order chi connectivity index (χ1) is 11.8. The molecule has 1 fully saturated rings. The fourth-order valence-corrected chi connectivity index (χ4v) is 3.43. The zero-order chi connectivity index (χ0) is 18.0. The molecule has 0 aliphatic carbocycles. The van der Waals surface area contributed by atoms with Gasteiger partial charge in [-0.1, -0.05) is 35.0 Å². The number of thioether (sulfide) groups is 1. The molecule has 2 N–H and O–H groups in total. The van der Waals surface area contributed by atoms with Crippen molar-refractivity contribution in [2.75, 3.05) is 5.75 Å². The van der Waals surface area contributed by atoms with Gasteiger partial charge < -0.3 is 15.2 Å². The smallest absolute Gasteiger partial charge is 0.243 e. The summed E-state index contributed by atoms with van der Waals surface area (Å²) in [5.41, 5.74) is 2.75. The minimum Gasteiger partial charge on any atom is -0.356 e. The minimum atomic E-state index is -0.519. The van der Waals surface area contributed by atoms with Crippen LogP contribution in [0.3, 0.4) is 0 Å². The van der Waals surface area contributed by atoms with E-state index < -0.39 is 10.8 Å². The Labute approximate surface area is 150 Å². The van der Waals surface area contributed by atoms with Crippen LogP contribution in [0.2, 0.25) is 0 Å². The van der Waals surface area contributed by atoms with E-state index in [1.165, 1.54) is 17.3 Å². The van der Waals surface area contributed by atoms with E-state index in [2.05, 4.69) is 15.8 Å². The third kappa shape index (κ3) is 4.04. The maximum Gasteiger partial charge on any atom is 0.243 e. The molecule has 132 valence electrons. The highest BCUT2D eigenvalue weighted by atomic mass is 32.2. The van der Waals surface area contributed by atoms with Gasteiger partial charge in [0, 0.05) is 17.4 Å². The summed E-state index contributed by atoms with van der Waals surface area (Å²) in [7, 11) is 0. The summed E-state index contributed by atoms with van der Waals surface area (Å²) in [6.07, 6.45) is 0. The number of aromatic nitrogens is 1. The van der Waals surface area contributed by atoms with Crippen molar-refractivity contribution in [3.05, 3.63) is 41.6 Å². The van der Waals surface area contributed by atoms with E-state index in [0.717, 1.165) is 5.56 Å². The van der Waals surface area contributed by atoms with Gasteiger partial charge in [0.2, 0.25) is 11.8 Å². The Morgan fingerprint density at radius 1 is 1.40 bits per heavy atom. The molecule has 1 aliphatic rings. The number of nitrogens with zero attached hydrogens (tertiary/aromatic N) is 1. The standard InChI is InChI=1S/C18H21N3O3S/c1-11-4-6-12(7-5-11)15-8-13(21-24-15)9-19-16(22)14-10-25-18(2,3)17(23)20-14/h4-8,14H,9-10H2,1-3H3,(H,19,22)(H,20,23)/t14-/m0/s1. The second kappa shape index (κ2) is 6.92. The summed E-state index contributed by atoms with van der Waals surface area (Å²) in [4.78, 5) is 24.2. The van der Waals surface area contributed by atoms with E-state index in [-0.39, 0.29) is 18.4 Å². The Kier molecular flexibility index (Phi) is 4.85. The molecule has 0 radical (unpaired) electrons. The number of nitrogens with one attached hydrogen (secondary N) is 2. The van der Waals surface area contributed by atoms with Crippen molar-refractivity contribution in [1.82, 2.24) is 15.8 Å². The highest BCUT2D eigenvalue weighted by Crippen LogP contribution is 2.29. The number of benzene rings is 1. The zero-order valence-corrected chi connectivity index (χ0v) is 15.3. The van der Waals surface area contributed by atoms with Gasteiger partial charge in [-0.15, -0.1) is 11.8 Å². The van der Waals surface area contributed by atoms with Gasteiger partial charge in [-0.25, -0.2) is 0 Å². The Balaban J connectivity index is 1.56. The fraction of sp³-hybridized carbons (Fsp3) is 0.389. The fourth-order valence-electron chi connectivity index (χ4n) is 2.42. The molecule has 2 heterocycles. The molecule has 6 nitrogen and oxygen atoms in total. The maximum atomic E-state index is 12.2. The molecule has 0 spiro atoms. The molecule has 1 saturated heterocycles. The maximum absolute atomic E-state index is 12.2. The Hall–Kier alpha value is -2.28. The molecule has 0 bridgehead atoms. The van der Waals surface area contributed by atoms with Crippen molar-refractivity contribution >= 4 is 23.6 Å². The highest BCUT2D eigenvalue weighted by Gasteiger charge is 2.37. The van der Waals surface area contributed by atoms with Crippen LogP contribution in [0.5, 0.6) is 0 Å². The lowest BCUT2D eigenvalue weighted by molar-refractivity contribution is -0.129. The normalized spacial score (nSPS) is 19.3. The van der Waals surface area contributed by atoms with Crippen LogP contribution in [0.4, 0.5) is 0 Å². The molecule has 0 unspecified atom stereocenters. The van der Waals surface area contributed by atoms with Crippen LogP contribution in [-0.2, 0) is 16.1 Å². The number of rotatable bonds is 4. The molecule has 1 aromatic carbocycles. The van der Waals surface area contributed by atoms with Crippen molar-refractivity contribution in [2.45, 2.75) is 38.1 Å². The van der Waals surface area contributed by atoms with Crippen molar-refractivity contribution in [3.63, 3.8) is 0 Å². The minimum absolute atomic E-state index is 0.119. The molecule has 1 atom stereocenters. The molecule has 2 amide bonds. The largest absolute Gasteiger partial charge is 0.356 e. The van der Waals surface area contributed by atoms with Crippen molar-refractivity contribution in [1.29, 1.82) is 0 Å². The lowest BCUT2D eigenvalue weighted by atomic mass is 10.1. The van der Waals surface area contributed by atoms with Gasteiger partial charge in [0.1, 0.15) is 11.7 Å². The van der Waals surface area contributed by atoms with E-state index in [9.17, 15) is 9.59 Å². The predicted molar refractivity (Wildman–Crippen MR) is 97.0 cm³/mol. The summed E-state index contributed by atoms with van der Waals surface area (Å²) in [5.74, 6) is 0.883. The molecule has 1 aromatic heterocycles. The van der Waals surface area contributed by atoms with Crippen molar-refractivity contribution in [3.8, 4) is 11.3 Å². The van der Waals surface area contributed by atoms with E-state index >= 15 is 0 Å². The van der Waals surface area contributed by atoms with Crippen LogP contribution in [0.15, 0.2) is 34.9 Å². The van der Waals surface area contributed by atoms with E-state index in [1.54, 1.807) is 0 Å². The molecule has 2 aromatic rings. The van der Waals surface area contributed by atoms with Gasteiger partial charge in [0.05, 0.1) is 11.3 Å². The van der Waals surface area contributed by atoms with Crippen LogP contribution in [0.1, 0.15) is 25.1 Å². The van der Waals surface area contributed by atoms with Gasteiger partial charge in [0.15, 0.2) is 5.76 Å². The quantitative estimate of drug-likeness (QED) is 0.875. The monoisotopic (exact) mass is 359 g/mol. The van der Waals surface area contributed by atoms with Gasteiger partial charge in [0.25, 0.3) is 0 Å². The van der Waals surface area contributed by atoms with Crippen LogP contribution in [-0.4, -0.2) is 33.5 Å². The average molecular weight is 359 g/mol. The SMILES string of the molecule is Cc1ccc(-c2cc(CNC(=O)[C@@H]3CSC(C)(C)C(=O)N3)no2)cc1. The summed E-state index contributed by atoms with van der Waals surface area (Å²) < 4.78 is 4.84. The van der Waals surface area contributed by atoms with Crippen LogP contribution < -0.4 is 10.6 Å². The van der Waals surface area contributed by atoms with Gasteiger partial charge in [-0.2, -0.15) is 0 Å². The number of carbonyl (C=O) groups is 2. The molecule has 0 saturated carbocycles. The summed E-state index contributed by atoms with van der Waals surface area (Å²) in [6.45, 7) is 5.98. The van der Waals surface area contributed by atoms with Crippen LogP contribution >= 0.6 is 11.8 Å². The molecule has 1 aliphatic heterocycles. The van der Waals surface area contributed by atoms with E-state index in [0.29, 0.717) is 17.2 Å². The predicted octanol–water partition coefficient (Wildman–Crippen LogP) is 2.28. The third-order valence-corrected chi connectivity index (χ3v) is 5.53. The first kappa shape index (κ1) is 17.5. The Bertz CT molecular complexity index is 783. The molecule has 25 heavy (non-hydrogen) atoms. The Morgan fingerprint density at radius 2 is 2.12 bits per heavy atom. The zero-order valence-electron chi connectivity index (χ0n) is 14.5. The van der Waals surface area contributed by atoms with Gasteiger partial charge in [-0.05, 0) is 20.8 Å². The molecule has 3 rings (SSSR count). The number of carbonyl (C=O) groups excluding carboxylic acids is 2. The summed E-state index contributed by atoms with van der Waals surface area (Å²) in [5, 5.41) is 9.55. The van der Waals surface area contributed by atoms with Crippen LogP contribution in [0.25, 0.3) is 11.3 Å². The number of hydrogen-bond donors (Lipinski definition) is 2. The lowest BCUT2D eigenvalue weighted by Crippen LogP contribution is -2.57. The first-order valence-electron chi connectivity index (χ1n) is 8.10. The van der Waals surface area contributed by atoms with Crippen molar-refractivity contribution < 1.29 is 14.1 Å².